The first-order valence-electron chi connectivity index (χ1n) is 6.07. The quantitative estimate of drug-likeness (QED) is 0.775. The zero-order valence-electron chi connectivity index (χ0n) is 11.1. The molecule has 3 N–H and O–H groups in total. The number of sulfonamides is 1. The molecule has 1 heterocycles. The number of likely N-dealkylation sites (tertiary alicyclic amines) is 1. The molecule has 1 atom stereocenters. The predicted octanol–water partition coefficient (Wildman–Crippen LogP) is 0.260. The molecule has 1 aliphatic rings. The zero-order valence-corrected chi connectivity index (χ0v) is 11.9. The molecule has 0 aliphatic carbocycles. The topological polar surface area (TPSA) is 84.7 Å². The maximum Gasteiger partial charge on any atom is 0.244 e. The Bertz CT molecular complexity index is 559. The van der Waals surface area contributed by atoms with E-state index in [0.29, 0.717) is 5.69 Å². The van der Waals surface area contributed by atoms with Crippen molar-refractivity contribution in [3.63, 3.8) is 0 Å². The third-order valence-corrected chi connectivity index (χ3v) is 4.75. The summed E-state index contributed by atoms with van der Waals surface area (Å²) < 4.78 is 32.5. The number of hydrogen-bond donors (Lipinski definition) is 2. The van der Waals surface area contributed by atoms with Crippen LogP contribution in [0.15, 0.2) is 23.1 Å². The smallest absolute Gasteiger partial charge is 0.244 e. The van der Waals surface area contributed by atoms with Crippen LogP contribution in [0, 0.1) is 0 Å². The molecule has 0 radical (unpaired) electrons. The van der Waals surface area contributed by atoms with Gasteiger partial charge in [0.1, 0.15) is 10.6 Å². The maximum atomic E-state index is 12.3. The van der Waals surface area contributed by atoms with E-state index in [2.05, 4.69) is 9.62 Å². The van der Waals surface area contributed by atoms with E-state index in [0.717, 1.165) is 19.5 Å². The Morgan fingerprint density at radius 1 is 1.47 bits per heavy atom. The van der Waals surface area contributed by atoms with Crippen LogP contribution in [0.1, 0.15) is 6.42 Å². The fourth-order valence-electron chi connectivity index (χ4n) is 2.22. The lowest BCUT2D eigenvalue weighted by molar-refractivity contribution is 0.400. The van der Waals surface area contributed by atoms with E-state index in [1.54, 1.807) is 6.07 Å². The van der Waals surface area contributed by atoms with Gasteiger partial charge in [0.05, 0.1) is 7.11 Å². The van der Waals surface area contributed by atoms with Gasteiger partial charge in [0.15, 0.2) is 0 Å². The molecule has 1 saturated heterocycles. The molecule has 1 aromatic carbocycles. The highest BCUT2D eigenvalue weighted by Crippen LogP contribution is 2.26. The van der Waals surface area contributed by atoms with E-state index in [1.807, 2.05) is 7.05 Å². The van der Waals surface area contributed by atoms with Crippen LogP contribution in [0.2, 0.25) is 0 Å². The van der Waals surface area contributed by atoms with Crippen LogP contribution in [-0.4, -0.2) is 46.6 Å². The summed E-state index contributed by atoms with van der Waals surface area (Å²) in [5.41, 5.74) is 6.10. The molecule has 2 rings (SSSR count). The van der Waals surface area contributed by atoms with Crippen LogP contribution in [0.3, 0.4) is 0 Å². The fourth-order valence-corrected chi connectivity index (χ4v) is 3.63. The molecule has 7 heteroatoms. The van der Waals surface area contributed by atoms with Crippen molar-refractivity contribution in [3.8, 4) is 5.75 Å². The number of ether oxygens (including phenoxy) is 1. The van der Waals surface area contributed by atoms with Gasteiger partial charge < -0.3 is 15.4 Å². The van der Waals surface area contributed by atoms with Crippen LogP contribution in [0.5, 0.6) is 5.75 Å². The molecule has 6 nitrogen and oxygen atoms in total. The summed E-state index contributed by atoms with van der Waals surface area (Å²) in [6.45, 7) is 1.61. The second kappa shape index (κ2) is 5.36. The molecule has 19 heavy (non-hydrogen) atoms. The monoisotopic (exact) mass is 285 g/mol. The Morgan fingerprint density at radius 3 is 2.79 bits per heavy atom. The molecule has 0 bridgehead atoms. The number of nitrogens with one attached hydrogen (secondary N) is 1. The van der Waals surface area contributed by atoms with Crippen LogP contribution in [0.4, 0.5) is 5.69 Å². The molecule has 1 aliphatic heterocycles. The average molecular weight is 285 g/mol. The van der Waals surface area contributed by atoms with Crippen molar-refractivity contribution >= 4 is 15.7 Å². The van der Waals surface area contributed by atoms with Gasteiger partial charge in [-0.05, 0) is 32.1 Å². The summed E-state index contributed by atoms with van der Waals surface area (Å²) in [6.07, 6.45) is 0.813. The van der Waals surface area contributed by atoms with Gasteiger partial charge in [-0.15, -0.1) is 0 Å². The summed E-state index contributed by atoms with van der Waals surface area (Å²) in [6, 6.07) is 4.47. The van der Waals surface area contributed by atoms with E-state index in [4.69, 9.17) is 10.5 Å². The van der Waals surface area contributed by atoms with E-state index >= 15 is 0 Å². The summed E-state index contributed by atoms with van der Waals surface area (Å²) in [5.74, 6) is 0.263. The molecule has 1 unspecified atom stereocenters. The van der Waals surface area contributed by atoms with Crippen molar-refractivity contribution in [2.45, 2.75) is 17.4 Å². The Morgan fingerprint density at radius 2 is 2.21 bits per heavy atom. The number of anilines is 1. The normalized spacial score (nSPS) is 20.6. The summed E-state index contributed by atoms with van der Waals surface area (Å²) in [5, 5.41) is 0. The number of nitrogens with zero attached hydrogens (tertiary/aromatic N) is 1. The molecule has 1 aromatic rings. The molecule has 0 aromatic heterocycles. The number of nitrogens with two attached hydrogens (primary N) is 1. The Hall–Kier alpha value is -1.31. The number of rotatable bonds is 4. The van der Waals surface area contributed by atoms with Crippen molar-refractivity contribution in [3.05, 3.63) is 18.2 Å². The second-order valence-electron chi connectivity index (χ2n) is 4.78. The summed E-state index contributed by atoms with van der Waals surface area (Å²) in [7, 11) is -0.186. The second-order valence-corrected chi connectivity index (χ2v) is 6.46. The lowest BCUT2D eigenvalue weighted by atomic mass is 10.3. The van der Waals surface area contributed by atoms with Gasteiger partial charge in [-0.3, -0.25) is 0 Å². The van der Waals surface area contributed by atoms with Gasteiger partial charge in [-0.25, -0.2) is 13.1 Å². The lowest BCUT2D eigenvalue weighted by Crippen LogP contribution is -2.36. The van der Waals surface area contributed by atoms with Crippen molar-refractivity contribution in [1.29, 1.82) is 0 Å². The number of likely N-dealkylation sites (N-methyl/N-ethyl adjacent to an activating group) is 1. The van der Waals surface area contributed by atoms with Gasteiger partial charge in [-0.1, -0.05) is 0 Å². The highest BCUT2D eigenvalue weighted by molar-refractivity contribution is 7.89. The van der Waals surface area contributed by atoms with E-state index in [9.17, 15) is 8.42 Å². The lowest BCUT2D eigenvalue weighted by Gasteiger charge is -2.15. The van der Waals surface area contributed by atoms with E-state index < -0.39 is 10.0 Å². The third-order valence-electron chi connectivity index (χ3n) is 3.19. The molecular formula is C12H19N3O3S. The van der Waals surface area contributed by atoms with Gasteiger partial charge in [-0.2, -0.15) is 0 Å². The van der Waals surface area contributed by atoms with Crippen LogP contribution in [-0.2, 0) is 10.0 Å². The number of benzene rings is 1. The first-order valence-corrected chi connectivity index (χ1v) is 7.55. The Labute approximate surface area is 113 Å². The van der Waals surface area contributed by atoms with Crippen molar-refractivity contribution < 1.29 is 13.2 Å². The van der Waals surface area contributed by atoms with Gasteiger partial charge in [0.2, 0.25) is 10.0 Å². The number of nitrogen functional groups attached to an aromatic ring is 1. The highest BCUT2D eigenvalue weighted by Gasteiger charge is 2.27. The van der Waals surface area contributed by atoms with Crippen molar-refractivity contribution in [2.24, 2.45) is 0 Å². The Kier molecular flexibility index (Phi) is 3.98. The minimum atomic E-state index is -3.58. The Balaban J connectivity index is 2.24. The number of methoxy groups -OCH3 is 1. The average Bonchev–Trinajstić information content (AvgIpc) is 2.73. The van der Waals surface area contributed by atoms with Crippen LogP contribution < -0.4 is 15.2 Å². The van der Waals surface area contributed by atoms with E-state index in [-0.39, 0.29) is 16.7 Å². The summed E-state index contributed by atoms with van der Waals surface area (Å²) >= 11 is 0. The van der Waals surface area contributed by atoms with E-state index in [1.165, 1.54) is 19.2 Å². The van der Waals surface area contributed by atoms with Crippen molar-refractivity contribution in [1.82, 2.24) is 9.62 Å². The first-order chi connectivity index (χ1) is 8.92. The summed E-state index contributed by atoms with van der Waals surface area (Å²) in [4.78, 5) is 2.21. The standard InChI is InChI=1S/C12H19N3O3S/c1-15-6-5-10(8-15)14-19(16,17)12-4-3-9(13)7-11(12)18-2/h3-4,7,10,14H,5-6,8,13H2,1-2H3. The third kappa shape index (κ3) is 3.17. The minimum Gasteiger partial charge on any atom is -0.495 e. The molecular weight excluding hydrogens is 266 g/mol. The molecule has 0 spiro atoms. The van der Waals surface area contributed by atoms with Gasteiger partial charge >= 0.3 is 0 Å². The molecule has 106 valence electrons. The predicted molar refractivity (Wildman–Crippen MR) is 73.6 cm³/mol. The first kappa shape index (κ1) is 14.1. The van der Waals surface area contributed by atoms with Crippen molar-refractivity contribution in [2.75, 3.05) is 33.0 Å². The van der Waals surface area contributed by atoms with Crippen LogP contribution >= 0.6 is 0 Å². The zero-order chi connectivity index (χ0) is 14.0. The fraction of sp³-hybridized carbons (Fsp3) is 0.500. The SMILES string of the molecule is COc1cc(N)ccc1S(=O)(=O)NC1CCN(C)C1. The largest absolute Gasteiger partial charge is 0.495 e. The number of hydrogen-bond acceptors (Lipinski definition) is 5. The molecule has 1 fully saturated rings. The minimum absolute atomic E-state index is 0.0581. The van der Waals surface area contributed by atoms with Gasteiger partial charge in [0, 0.05) is 24.3 Å². The molecule has 0 saturated carbocycles. The highest BCUT2D eigenvalue weighted by atomic mass is 32.2. The van der Waals surface area contributed by atoms with Gasteiger partial charge in [0.25, 0.3) is 0 Å². The maximum absolute atomic E-state index is 12.3. The van der Waals surface area contributed by atoms with Crippen LogP contribution in [0.25, 0.3) is 0 Å². The molecule has 0 amide bonds.